The van der Waals surface area contributed by atoms with E-state index in [0.717, 1.165) is 38.3 Å². The van der Waals surface area contributed by atoms with E-state index in [-0.39, 0.29) is 6.03 Å². The van der Waals surface area contributed by atoms with Gasteiger partial charge < -0.3 is 10.2 Å². The van der Waals surface area contributed by atoms with Crippen LogP contribution in [0.1, 0.15) is 11.1 Å². The van der Waals surface area contributed by atoms with Crippen LogP contribution >= 0.6 is 11.6 Å². The Morgan fingerprint density at radius 2 is 1.62 bits per heavy atom. The van der Waals surface area contributed by atoms with Gasteiger partial charge in [-0.3, -0.25) is 4.90 Å². The summed E-state index contributed by atoms with van der Waals surface area (Å²) in [5.41, 5.74) is 2.25. The Balaban J connectivity index is 1.44. The van der Waals surface area contributed by atoms with Gasteiger partial charge in [0.05, 0.1) is 0 Å². The summed E-state index contributed by atoms with van der Waals surface area (Å²) >= 11 is 6.12. The monoisotopic (exact) mass is 343 g/mol. The van der Waals surface area contributed by atoms with Gasteiger partial charge in [-0.2, -0.15) is 0 Å². The number of piperazine rings is 1. The van der Waals surface area contributed by atoms with Crippen molar-refractivity contribution < 1.29 is 4.79 Å². The third-order valence-corrected chi connectivity index (χ3v) is 4.67. The predicted molar refractivity (Wildman–Crippen MR) is 97.0 cm³/mol. The van der Waals surface area contributed by atoms with E-state index in [2.05, 4.69) is 34.5 Å². The highest BCUT2D eigenvalue weighted by molar-refractivity contribution is 6.31. The molecular formula is C19H22ClN3O. The van der Waals surface area contributed by atoms with Crippen molar-refractivity contribution in [1.82, 2.24) is 15.1 Å². The van der Waals surface area contributed by atoms with Gasteiger partial charge in [0.25, 0.3) is 0 Å². The first-order valence-electron chi connectivity index (χ1n) is 8.25. The first-order valence-corrected chi connectivity index (χ1v) is 8.62. The van der Waals surface area contributed by atoms with E-state index in [1.165, 1.54) is 5.56 Å². The molecule has 1 saturated heterocycles. The molecule has 1 fully saturated rings. The lowest BCUT2D eigenvalue weighted by Gasteiger charge is -2.34. The molecule has 1 aliphatic rings. The van der Waals surface area contributed by atoms with Gasteiger partial charge in [0.2, 0.25) is 0 Å². The Labute approximate surface area is 148 Å². The van der Waals surface area contributed by atoms with Gasteiger partial charge in [-0.1, -0.05) is 60.1 Å². The summed E-state index contributed by atoms with van der Waals surface area (Å²) in [6.45, 7) is 4.70. The van der Waals surface area contributed by atoms with Gasteiger partial charge in [0.15, 0.2) is 0 Å². The molecule has 0 aromatic heterocycles. The highest BCUT2D eigenvalue weighted by Gasteiger charge is 2.20. The van der Waals surface area contributed by atoms with E-state index < -0.39 is 0 Å². The van der Waals surface area contributed by atoms with Crippen molar-refractivity contribution in [1.29, 1.82) is 0 Å². The second-order valence-corrected chi connectivity index (χ2v) is 6.41. The molecule has 1 aliphatic heterocycles. The van der Waals surface area contributed by atoms with E-state index >= 15 is 0 Å². The van der Waals surface area contributed by atoms with E-state index in [0.29, 0.717) is 11.6 Å². The molecular weight excluding hydrogens is 322 g/mol. The summed E-state index contributed by atoms with van der Waals surface area (Å²) in [7, 11) is 0. The number of amides is 2. The number of benzene rings is 2. The fraction of sp³-hybridized carbons (Fsp3) is 0.316. The normalized spacial score (nSPS) is 15.3. The van der Waals surface area contributed by atoms with E-state index in [4.69, 9.17) is 11.6 Å². The van der Waals surface area contributed by atoms with Crippen molar-refractivity contribution in [3.8, 4) is 0 Å². The minimum absolute atomic E-state index is 0.0192. The standard InChI is InChI=1S/C19H22ClN3O/c20-18-9-5-4-8-17(18)14-21-19(24)23-12-10-22(11-13-23)15-16-6-2-1-3-7-16/h1-9H,10-15H2,(H,21,24). The zero-order valence-electron chi connectivity index (χ0n) is 13.6. The molecule has 5 heteroatoms. The third kappa shape index (κ3) is 4.49. The van der Waals surface area contributed by atoms with Gasteiger partial charge in [0.1, 0.15) is 0 Å². The van der Waals surface area contributed by atoms with Crippen LogP contribution in [-0.2, 0) is 13.1 Å². The largest absolute Gasteiger partial charge is 0.334 e. The van der Waals surface area contributed by atoms with Crippen LogP contribution in [0.3, 0.4) is 0 Å². The highest BCUT2D eigenvalue weighted by atomic mass is 35.5. The van der Waals surface area contributed by atoms with Gasteiger partial charge in [-0.15, -0.1) is 0 Å². The first-order chi connectivity index (χ1) is 11.7. The van der Waals surface area contributed by atoms with Crippen LogP contribution in [-0.4, -0.2) is 42.0 Å². The molecule has 0 atom stereocenters. The number of halogens is 1. The Morgan fingerprint density at radius 1 is 0.958 bits per heavy atom. The Morgan fingerprint density at radius 3 is 2.33 bits per heavy atom. The summed E-state index contributed by atoms with van der Waals surface area (Å²) in [6.07, 6.45) is 0. The molecule has 0 aliphatic carbocycles. The molecule has 0 unspecified atom stereocenters. The van der Waals surface area contributed by atoms with Crippen LogP contribution in [0, 0.1) is 0 Å². The van der Waals surface area contributed by atoms with Gasteiger partial charge in [-0.25, -0.2) is 4.79 Å². The average molecular weight is 344 g/mol. The molecule has 1 N–H and O–H groups in total. The SMILES string of the molecule is O=C(NCc1ccccc1Cl)N1CCN(Cc2ccccc2)CC1. The second kappa shape index (κ2) is 8.18. The van der Waals surface area contributed by atoms with Crippen molar-refractivity contribution in [3.63, 3.8) is 0 Å². The molecule has 0 bridgehead atoms. The Bertz CT molecular complexity index is 669. The number of hydrogen-bond acceptors (Lipinski definition) is 2. The molecule has 4 nitrogen and oxygen atoms in total. The van der Waals surface area contributed by atoms with Gasteiger partial charge in [0, 0.05) is 44.3 Å². The van der Waals surface area contributed by atoms with Crippen LogP contribution in [0.2, 0.25) is 5.02 Å². The zero-order valence-corrected chi connectivity index (χ0v) is 14.4. The molecule has 0 radical (unpaired) electrons. The third-order valence-electron chi connectivity index (χ3n) is 4.30. The Kier molecular flexibility index (Phi) is 5.72. The second-order valence-electron chi connectivity index (χ2n) is 6.00. The fourth-order valence-corrected chi connectivity index (χ4v) is 3.08. The summed E-state index contributed by atoms with van der Waals surface area (Å²) < 4.78 is 0. The topological polar surface area (TPSA) is 35.6 Å². The molecule has 2 aromatic rings. The number of nitrogens with zero attached hydrogens (tertiary/aromatic N) is 2. The number of carbonyl (C=O) groups is 1. The molecule has 0 spiro atoms. The fourth-order valence-electron chi connectivity index (χ4n) is 2.88. The number of hydrogen-bond donors (Lipinski definition) is 1. The van der Waals surface area contributed by atoms with Crippen LogP contribution in [0.4, 0.5) is 4.79 Å². The van der Waals surface area contributed by atoms with E-state index in [9.17, 15) is 4.79 Å². The summed E-state index contributed by atoms with van der Waals surface area (Å²) in [4.78, 5) is 16.6. The number of rotatable bonds is 4. The summed E-state index contributed by atoms with van der Waals surface area (Å²) in [5, 5.41) is 3.64. The summed E-state index contributed by atoms with van der Waals surface area (Å²) in [6, 6.07) is 18.0. The van der Waals surface area contributed by atoms with Crippen molar-refractivity contribution in [2.45, 2.75) is 13.1 Å². The smallest absolute Gasteiger partial charge is 0.317 e. The van der Waals surface area contributed by atoms with Crippen molar-refractivity contribution in [2.24, 2.45) is 0 Å². The van der Waals surface area contributed by atoms with Crippen molar-refractivity contribution >= 4 is 17.6 Å². The molecule has 1 heterocycles. The maximum atomic E-state index is 12.3. The summed E-state index contributed by atoms with van der Waals surface area (Å²) in [5.74, 6) is 0. The van der Waals surface area contributed by atoms with E-state index in [1.807, 2.05) is 35.2 Å². The minimum atomic E-state index is -0.0192. The number of nitrogens with one attached hydrogen (secondary N) is 1. The molecule has 2 aromatic carbocycles. The zero-order chi connectivity index (χ0) is 16.8. The van der Waals surface area contributed by atoms with Crippen LogP contribution < -0.4 is 5.32 Å². The van der Waals surface area contributed by atoms with Crippen LogP contribution in [0.15, 0.2) is 54.6 Å². The molecule has 24 heavy (non-hydrogen) atoms. The van der Waals surface area contributed by atoms with E-state index in [1.54, 1.807) is 0 Å². The lowest BCUT2D eigenvalue weighted by molar-refractivity contribution is 0.135. The first kappa shape index (κ1) is 16.8. The lowest BCUT2D eigenvalue weighted by atomic mass is 10.2. The molecule has 2 amide bonds. The van der Waals surface area contributed by atoms with Crippen LogP contribution in [0.5, 0.6) is 0 Å². The van der Waals surface area contributed by atoms with Gasteiger partial charge >= 0.3 is 6.03 Å². The number of carbonyl (C=O) groups excluding carboxylic acids is 1. The predicted octanol–water partition coefficient (Wildman–Crippen LogP) is 3.37. The van der Waals surface area contributed by atoms with Crippen molar-refractivity contribution in [3.05, 3.63) is 70.7 Å². The highest BCUT2D eigenvalue weighted by Crippen LogP contribution is 2.14. The maximum absolute atomic E-state index is 12.3. The van der Waals surface area contributed by atoms with Crippen LogP contribution in [0.25, 0.3) is 0 Å². The van der Waals surface area contributed by atoms with Crippen molar-refractivity contribution in [2.75, 3.05) is 26.2 Å². The lowest BCUT2D eigenvalue weighted by Crippen LogP contribution is -2.51. The number of urea groups is 1. The quantitative estimate of drug-likeness (QED) is 0.923. The molecule has 0 saturated carbocycles. The maximum Gasteiger partial charge on any atom is 0.317 e. The Hall–Kier alpha value is -2.04. The minimum Gasteiger partial charge on any atom is -0.334 e. The van der Waals surface area contributed by atoms with Gasteiger partial charge in [-0.05, 0) is 17.2 Å². The molecule has 3 rings (SSSR count). The average Bonchev–Trinajstić information content (AvgIpc) is 2.62. The molecule has 126 valence electrons.